The van der Waals surface area contributed by atoms with E-state index in [1.807, 2.05) is 6.92 Å². The van der Waals surface area contributed by atoms with E-state index in [2.05, 4.69) is 6.92 Å². The Kier molecular flexibility index (Phi) is 19.3. The molecule has 9 heteroatoms. The molecule has 0 heterocycles. The first kappa shape index (κ1) is 32.7. The van der Waals surface area contributed by atoms with Gasteiger partial charge in [0.15, 0.2) is 0 Å². The summed E-state index contributed by atoms with van der Waals surface area (Å²) in [6, 6.07) is 0. The van der Waals surface area contributed by atoms with Crippen molar-refractivity contribution < 1.29 is 38.8 Å². The molecule has 1 rings (SSSR count). The van der Waals surface area contributed by atoms with E-state index in [0.717, 1.165) is 19.3 Å². The van der Waals surface area contributed by atoms with Crippen molar-refractivity contribution in [1.29, 1.82) is 0 Å². The number of esters is 1. The maximum Gasteiger partial charge on any atom is 0.330 e. The molecule has 8 nitrogen and oxygen atoms in total. The molecular formula is C26H51O8P. The minimum Gasteiger partial charge on any atom is -0.465 e. The van der Waals surface area contributed by atoms with Gasteiger partial charge >= 0.3 is 14.6 Å². The van der Waals surface area contributed by atoms with Crippen LogP contribution in [0.3, 0.4) is 0 Å². The summed E-state index contributed by atoms with van der Waals surface area (Å²) in [6.07, 6.45) is 13.1. The van der Waals surface area contributed by atoms with Gasteiger partial charge in [0, 0.05) is 25.2 Å². The maximum atomic E-state index is 11.9. The highest BCUT2D eigenvalue weighted by atomic mass is 31.2. The van der Waals surface area contributed by atoms with Crippen molar-refractivity contribution in [1.82, 2.24) is 0 Å². The van der Waals surface area contributed by atoms with Gasteiger partial charge in [-0.1, -0.05) is 90.9 Å². The van der Waals surface area contributed by atoms with Gasteiger partial charge in [0.25, 0.3) is 0 Å². The molecule has 0 radical (unpaired) electrons. The Balaban J connectivity index is 1.95. The van der Waals surface area contributed by atoms with E-state index in [1.165, 1.54) is 64.2 Å². The highest BCUT2D eigenvalue weighted by Gasteiger charge is 2.37. The number of aliphatic hydroxyl groups is 3. The second kappa shape index (κ2) is 20.7. The lowest BCUT2D eigenvalue weighted by Gasteiger charge is -2.34. The molecule has 6 unspecified atom stereocenters. The van der Waals surface area contributed by atoms with Crippen molar-refractivity contribution in [3.8, 4) is 0 Å². The van der Waals surface area contributed by atoms with E-state index < -0.39 is 33.0 Å². The van der Waals surface area contributed by atoms with E-state index in [9.17, 15) is 25.0 Å². The highest BCUT2D eigenvalue weighted by molar-refractivity contribution is 7.40. The van der Waals surface area contributed by atoms with E-state index in [1.54, 1.807) is 0 Å². The van der Waals surface area contributed by atoms with E-state index in [4.69, 9.17) is 13.8 Å². The second-order valence-electron chi connectivity index (χ2n) is 10.1. The van der Waals surface area contributed by atoms with Crippen LogP contribution >= 0.6 is 8.60 Å². The summed E-state index contributed by atoms with van der Waals surface area (Å²) in [4.78, 5) is 21.9. The summed E-state index contributed by atoms with van der Waals surface area (Å²) in [5.74, 6) is -0.338. The van der Waals surface area contributed by atoms with Crippen molar-refractivity contribution in [2.75, 3.05) is 13.2 Å². The minimum atomic E-state index is -2.27. The third-order valence-electron chi connectivity index (χ3n) is 6.50. The molecular weight excluding hydrogens is 471 g/mol. The molecule has 6 atom stereocenters. The molecule has 0 aromatic rings. The molecule has 0 aliphatic heterocycles. The van der Waals surface area contributed by atoms with Gasteiger partial charge in [-0.2, -0.15) is 0 Å². The molecule has 208 valence electrons. The molecule has 1 aliphatic rings. The standard InChI is InChI=1S/C26H51O8P/c1-3-4-5-6-7-8-9-10-11-12-13-14-15-16-25(29)32-19-21(2)20-33-35(31)34-24-18-22(27)17-23(28)26(24)30/h21-24,26-28,30-31H,3-20H2,1-2H3. The summed E-state index contributed by atoms with van der Waals surface area (Å²) >= 11 is 0. The largest absolute Gasteiger partial charge is 0.465 e. The zero-order valence-electron chi connectivity index (χ0n) is 22.0. The molecule has 0 bridgehead atoms. The van der Waals surface area contributed by atoms with Crippen LogP contribution in [0.5, 0.6) is 0 Å². The number of carbonyl (C=O) groups is 1. The van der Waals surface area contributed by atoms with Crippen molar-refractivity contribution in [3.63, 3.8) is 0 Å². The molecule has 1 aliphatic carbocycles. The lowest BCUT2D eigenvalue weighted by molar-refractivity contribution is -0.145. The number of hydrogen-bond acceptors (Lipinski definition) is 8. The van der Waals surface area contributed by atoms with Gasteiger partial charge in [0.2, 0.25) is 0 Å². The molecule has 0 amide bonds. The lowest BCUT2D eigenvalue weighted by Crippen LogP contribution is -2.46. The first-order valence-corrected chi connectivity index (χ1v) is 14.9. The predicted octanol–water partition coefficient (Wildman–Crippen LogP) is 5.14. The highest BCUT2D eigenvalue weighted by Crippen LogP contribution is 2.39. The fourth-order valence-electron chi connectivity index (χ4n) is 4.26. The zero-order valence-corrected chi connectivity index (χ0v) is 22.9. The zero-order chi connectivity index (χ0) is 25.9. The Labute approximate surface area is 213 Å². The van der Waals surface area contributed by atoms with Crippen LogP contribution in [0.25, 0.3) is 0 Å². The SMILES string of the molecule is CCCCCCCCCCCCCCCC(=O)OCC(C)COP(O)OC1CC(O)CC(O)C1O. The van der Waals surface area contributed by atoms with Crippen molar-refractivity contribution in [2.24, 2.45) is 5.92 Å². The Bertz CT molecular complexity index is 524. The molecule has 35 heavy (non-hydrogen) atoms. The molecule has 1 saturated carbocycles. The van der Waals surface area contributed by atoms with Crippen molar-refractivity contribution >= 4 is 14.6 Å². The van der Waals surface area contributed by atoms with Crippen LogP contribution in [-0.2, 0) is 18.6 Å². The average molecular weight is 523 g/mol. The summed E-state index contributed by atoms with van der Waals surface area (Å²) in [7, 11) is -2.27. The quantitative estimate of drug-likeness (QED) is 0.0927. The molecule has 0 aromatic carbocycles. The monoisotopic (exact) mass is 522 g/mol. The van der Waals surface area contributed by atoms with E-state index in [0.29, 0.717) is 6.42 Å². The average Bonchev–Trinajstić information content (AvgIpc) is 2.82. The van der Waals surface area contributed by atoms with Crippen LogP contribution in [0.4, 0.5) is 0 Å². The van der Waals surface area contributed by atoms with Crippen LogP contribution in [0.15, 0.2) is 0 Å². The Morgan fingerprint density at radius 1 is 0.857 bits per heavy atom. The van der Waals surface area contributed by atoms with Gasteiger partial charge in [-0.05, 0) is 6.42 Å². The smallest absolute Gasteiger partial charge is 0.330 e. The Hall–Kier alpha value is -0.340. The number of unbranched alkanes of at least 4 members (excludes halogenated alkanes) is 12. The van der Waals surface area contributed by atoms with Gasteiger partial charge in [0.05, 0.1) is 31.5 Å². The predicted molar refractivity (Wildman–Crippen MR) is 138 cm³/mol. The minimum absolute atomic E-state index is 0.0763. The number of aliphatic hydroxyl groups excluding tert-OH is 3. The number of carbonyl (C=O) groups excluding carboxylic acids is 1. The van der Waals surface area contributed by atoms with E-state index >= 15 is 0 Å². The van der Waals surface area contributed by atoms with Crippen molar-refractivity contribution in [2.45, 2.75) is 141 Å². The van der Waals surface area contributed by atoms with Gasteiger partial charge in [-0.25, -0.2) is 0 Å². The second-order valence-corrected chi connectivity index (χ2v) is 11.1. The number of hydrogen-bond donors (Lipinski definition) is 4. The Morgan fingerprint density at radius 2 is 1.40 bits per heavy atom. The third kappa shape index (κ3) is 16.9. The maximum absolute atomic E-state index is 11.9. The summed E-state index contributed by atoms with van der Waals surface area (Å²) in [5, 5.41) is 29.3. The molecule has 0 aromatic heterocycles. The fraction of sp³-hybridized carbons (Fsp3) is 0.962. The third-order valence-corrected chi connectivity index (χ3v) is 7.32. The van der Waals surface area contributed by atoms with Crippen LogP contribution < -0.4 is 0 Å². The first-order chi connectivity index (χ1) is 16.8. The number of rotatable bonds is 21. The summed E-state index contributed by atoms with van der Waals surface area (Å²) < 4.78 is 15.8. The topological polar surface area (TPSA) is 126 Å². The molecule has 1 fully saturated rings. The van der Waals surface area contributed by atoms with Gasteiger partial charge in [-0.3, -0.25) is 4.79 Å². The number of ether oxygens (including phenoxy) is 1. The van der Waals surface area contributed by atoms with Crippen LogP contribution in [0.2, 0.25) is 0 Å². The lowest BCUT2D eigenvalue weighted by atomic mass is 9.90. The van der Waals surface area contributed by atoms with Crippen molar-refractivity contribution in [3.05, 3.63) is 0 Å². The molecule has 0 spiro atoms. The van der Waals surface area contributed by atoms with Gasteiger partial charge < -0.3 is 34.0 Å². The van der Waals surface area contributed by atoms with E-state index in [-0.39, 0.29) is 37.9 Å². The normalized spacial score (nSPS) is 24.3. The van der Waals surface area contributed by atoms with Crippen LogP contribution in [-0.4, -0.2) is 63.8 Å². The Morgan fingerprint density at radius 3 is 1.97 bits per heavy atom. The van der Waals surface area contributed by atoms with Crippen LogP contribution in [0.1, 0.15) is 117 Å². The fourth-order valence-corrected chi connectivity index (χ4v) is 5.14. The molecule has 4 N–H and O–H groups in total. The van der Waals surface area contributed by atoms with Crippen LogP contribution in [0, 0.1) is 5.92 Å². The van der Waals surface area contributed by atoms with Gasteiger partial charge in [-0.15, -0.1) is 0 Å². The summed E-state index contributed by atoms with van der Waals surface area (Å²) in [5.41, 5.74) is 0. The summed E-state index contributed by atoms with van der Waals surface area (Å²) in [6.45, 7) is 4.41. The molecule has 0 saturated heterocycles. The van der Waals surface area contributed by atoms with Gasteiger partial charge in [0.1, 0.15) is 6.10 Å². The first-order valence-electron chi connectivity index (χ1n) is 13.8.